The van der Waals surface area contributed by atoms with Crippen LogP contribution >= 0.6 is 0 Å². The number of nitrogens with zero attached hydrogens (tertiary/aromatic N) is 3. The minimum atomic E-state index is -3.39. The smallest absolute Gasteiger partial charge is 0.322 e. The van der Waals surface area contributed by atoms with Crippen LogP contribution in [0.15, 0.2) is 63.9 Å². The van der Waals surface area contributed by atoms with Gasteiger partial charge in [0.1, 0.15) is 0 Å². The zero-order chi connectivity index (χ0) is 22.6. The summed E-state index contributed by atoms with van der Waals surface area (Å²) in [6.07, 6.45) is 2.59. The summed E-state index contributed by atoms with van der Waals surface area (Å²) in [5.41, 5.74) is 0.881. The molecule has 3 aromatic rings. The van der Waals surface area contributed by atoms with Crippen molar-refractivity contribution in [2.75, 3.05) is 5.32 Å². The predicted octanol–water partition coefficient (Wildman–Crippen LogP) is 3.48. The van der Waals surface area contributed by atoms with E-state index in [2.05, 4.69) is 15.5 Å². The molecule has 3 rings (SSSR count). The third-order valence-corrected chi connectivity index (χ3v) is 6.38. The van der Waals surface area contributed by atoms with Gasteiger partial charge < -0.3 is 4.42 Å². The Kier molecular flexibility index (Phi) is 6.25. The number of nitro benzene ring substituents is 1. The first kappa shape index (κ1) is 21.8. The van der Waals surface area contributed by atoms with Crippen molar-refractivity contribution in [3.05, 3.63) is 70.3 Å². The zero-order valence-electron chi connectivity index (χ0n) is 16.6. The summed E-state index contributed by atoms with van der Waals surface area (Å²) in [6.45, 7) is 3.20. The molecule has 0 saturated heterocycles. The lowest BCUT2D eigenvalue weighted by Crippen LogP contribution is -2.13. The highest BCUT2D eigenvalue weighted by Crippen LogP contribution is 2.23. The maximum atomic E-state index is 12.2. The van der Waals surface area contributed by atoms with E-state index >= 15 is 0 Å². The van der Waals surface area contributed by atoms with Crippen molar-refractivity contribution < 1.29 is 22.6 Å². The Morgan fingerprint density at radius 3 is 2.52 bits per heavy atom. The molecule has 1 heterocycles. The van der Waals surface area contributed by atoms with Crippen molar-refractivity contribution in [1.29, 1.82) is 0 Å². The Labute approximate surface area is 177 Å². The molecule has 31 heavy (non-hydrogen) atoms. The molecule has 0 aliphatic heterocycles. The van der Waals surface area contributed by atoms with Gasteiger partial charge in [0.2, 0.25) is 5.89 Å². The third-order valence-electron chi connectivity index (χ3n) is 4.21. The molecule has 0 unspecified atom stereocenters. The molecule has 11 heteroatoms. The summed E-state index contributed by atoms with van der Waals surface area (Å²) in [7, 11) is -3.39. The van der Waals surface area contributed by atoms with Gasteiger partial charge in [-0.25, -0.2) is 8.42 Å². The maximum absolute atomic E-state index is 12.2. The van der Waals surface area contributed by atoms with E-state index in [1.807, 2.05) is 0 Å². The van der Waals surface area contributed by atoms with Gasteiger partial charge in [0.05, 0.1) is 15.1 Å². The van der Waals surface area contributed by atoms with Crippen LogP contribution in [0.1, 0.15) is 19.4 Å². The summed E-state index contributed by atoms with van der Waals surface area (Å²) < 4.78 is 29.8. The average molecular weight is 442 g/mol. The lowest BCUT2D eigenvalue weighted by molar-refractivity contribution is -0.384. The Morgan fingerprint density at radius 1 is 1.16 bits per heavy atom. The molecule has 0 radical (unpaired) electrons. The minimum absolute atomic E-state index is 0.0867. The van der Waals surface area contributed by atoms with Crippen LogP contribution in [0.3, 0.4) is 0 Å². The van der Waals surface area contributed by atoms with Crippen molar-refractivity contribution in [3.63, 3.8) is 0 Å². The van der Waals surface area contributed by atoms with E-state index in [0.717, 1.165) is 0 Å². The maximum Gasteiger partial charge on any atom is 0.322 e. The van der Waals surface area contributed by atoms with Gasteiger partial charge in [-0.3, -0.25) is 20.2 Å². The first-order chi connectivity index (χ1) is 14.7. The summed E-state index contributed by atoms with van der Waals surface area (Å²) in [5, 5.41) is 20.2. The third kappa shape index (κ3) is 5.20. The van der Waals surface area contributed by atoms with Crippen molar-refractivity contribution in [3.8, 4) is 11.5 Å². The molecule has 160 valence electrons. The van der Waals surface area contributed by atoms with Crippen molar-refractivity contribution in [1.82, 2.24) is 10.2 Å². The van der Waals surface area contributed by atoms with Crippen LogP contribution < -0.4 is 5.32 Å². The van der Waals surface area contributed by atoms with Crippen LogP contribution in [0.4, 0.5) is 11.7 Å². The lowest BCUT2D eigenvalue weighted by Gasteiger charge is -2.07. The van der Waals surface area contributed by atoms with Crippen molar-refractivity contribution >= 4 is 33.5 Å². The summed E-state index contributed by atoms with van der Waals surface area (Å²) in [6, 6.07) is 11.6. The Bertz CT molecular complexity index is 1250. The second kappa shape index (κ2) is 8.88. The van der Waals surface area contributed by atoms with Crippen LogP contribution in [0.5, 0.6) is 0 Å². The highest BCUT2D eigenvalue weighted by Gasteiger charge is 2.19. The van der Waals surface area contributed by atoms with E-state index in [1.54, 1.807) is 19.9 Å². The van der Waals surface area contributed by atoms with E-state index in [-0.39, 0.29) is 22.5 Å². The zero-order valence-corrected chi connectivity index (χ0v) is 17.4. The fourth-order valence-electron chi connectivity index (χ4n) is 2.51. The SMILES string of the molecule is CC(C)S(=O)(=O)c1ccc(-c2nnc(NC(=O)/C=C/c3cccc([N+](=O)[O-])c3)o2)cc1. The Hall–Kier alpha value is -3.86. The van der Waals surface area contributed by atoms with Gasteiger partial charge in [0, 0.05) is 23.8 Å². The summed E-state index contributed by atoms with van der Waals surface area (Å²) >= 11 is 0. The predicted molar refractivity (Wildman–Crippen MR) is 113 cm³/mol. The number of carbonyl (C=O) groups is 1. The lowest BCUT2D eigenvalue weighted by atomic mass is 10.2. The quantitative estimate of drug-likeness (QED) is 0.332. The molecule has 0 bridgehead atoms. The highest BCUT2D eigenvalue weighted by atomic mass is 32.2. The second-order valence-corrected chi connectivity index (χ2v) is 9.21. The van der Waals surface area contributed by atoms with Crippen LogP contribution in [0.2, 0.25) is 0 Å². The molecule has 2 aromatic carbocycles. The van der Waals surface area contributed by atoms with E-state index in [0.29, 0.717) is 11.1 Å². The monoisotopic (exact) mass is 442 g/mol. The number of aromatic nitrogens is 2. The van der Waals surface area contributed by atoms with Crippen LogP contribution in [-0.2, 0) is 14.6 Å². The molecule has 1 aromatic heterocycles. The van der Waals surface area contributed by atoms with Gasteiger partial charge in [-0.05, 0) is 49.8 Å². The Morgan fingerprint density at radius 2 is 1.87 bits per heavy atom. The minimum Gasteiger partial charge on any atom is -0.403 e. The highest BCUT2D eigenvalue weighted by molar-refractivity contribution is 7.92. The first-order valence-corrected chi connectivity index (χ1v) is 10.6. The van der Waals surface area contributed by atoms with Gasteiger partial charge in [0.25, 0.3) is 11.6 Å². The first-order valence-electron chi connectivity index (χ1n) is 9.08. The van der Waals surface area contributed by atoms with E-state index in [9.17, 15) is 23.3 Å². The number of carbonyl (C=O) groups excluding carboxylic acids is 1. The summed E-state index contributed by atoms with van der Waals surface area (Å²) in [4.78, 5) is 22.5. The fraction of sp³-hybridized carbons (Fsp3) is 0.150. The van der Waals surface area contributed by atoms with Crippen LogP contribution in [-0.4, -0.2) is 34.7 Å². The van der Waals surface area contributed by atoms with Crippen molar-refractivity contribution in [2.24, 2.45) is 0 Å². The average Bonchev–Trinajstić information content (AvgIpc) is 3.21. The van der Waals surface area contributed by atoms with Gasteiger partial charge >= 0.3 is 6.01 Å². The number of hydrogen-bond acceptors (Lipinski definition) is 8. The van der Waals surface area contributed by atoms with Crippen LogP contribution in [0.25, 0.3) is 17.5 Å². The molecule has 0 atom stereocenters. The van der Waals surface area contributed by atoms with E-state index < -0.39 is 25.9 Å². The molecular weight excluding hydrogens is 424 g/mol. The summed E-state index contributed by atoms with van der Waals surface area (Å²) in [5.74, 6) is -0.466. The molecule has 1 N–H and O–H groups in total. The molecule has 0 aliphatic rings. The number of nitro groups is 1. The molecule has 10 nitrogen and oxygen atoms in total. The van der Waals surface area contributed by atoms with Crippen molar-refractivity contribution in [2.45, 2.75) is 24.0 Å². The molecule has 0 spiro atoms. The largest absolute Gasteiger partial charge is 0.403 e. The number of hydrogen-bond donors (Lipinski definition) is 1. The number of benzene rings is 2. The number of anilines is 1. The number of amides is 1. The second-order valence-electron chi connectivity index (χ2n) is 6.71. The Balaban J connectivity index is 1.68. The standard InChI is InChI=1S/C20H18N4O6S/c1-13(2)31(28,29)17-9-7-15(8-10-17)19-22-23-20(30-19)21-18(25)11-6-14-4-3-5-16(12-14)24(26)27/h3-13H,1-2H3,(H,21,23,25)/b11-6+. The number of nitrogens with one attached hydrogen (secondary N) is 1. The van der Waals surface area contributed by atoms with Gasteiger partial charge in [-0.15, -0.1) is 5.10 Å². The molecular formula is C20H18N4O6S. The molecule has 0 aliphatic carbocycles. The number of sulfone groups is 1. The van der Waals surface area contributed by atoms with E-state index in [1.165, 1.54) is 54.6 Å². The van der Waals surface area contributed by atoms with Gasteiger partial charge in [-0.1, -0.05) is 17.2 Å². The molecule has 1 amide bonds. The molecule has 0 fully saturated rings. The normalized spacial score (nSPS) is 11.7. The van der Waals surface area contributed by atoms with E-state index in [4.69, 9.17) is 4.42 Å². The molecule has 0 saturated carbocycles. The van der Waals surface area contributed by atoms with Gasteiger partial charge in [0.15, 0.2) is 9.84 Å². The van der Waals surface area contributed by atoms with Gasteiger partial charge in [-0.2, -0.15) is 0 Å². The number of rotatable bonds is 7. The topological polar surface area (TPSA) is 145 Å². The fourth-order valence-corrected chi connectivity index (χ4v) is 3.57. The van der Waals surface area contributed by atoms with Crippen LogP contribution in [0, 0.1) is 10.1 Å². The number of non-ortho nitro benzene ring substituents is 1.